The molecule has 1 aliphatic rings. The van der Waals surface area contributed by atoms with E-state index >= 15 is 0 Å². The third-order valence-corrected chi connectivity index (χ3v) is 6.61. The number of carbonyl (C=O) groups excluding carboxylic acids is 4. The lowest BCUT2D eigenvalue weighted by Gasteiger charge is -2.24. The zero-order valence-electron chi connectivity index (χ0n) is 21.8. The van der Waals surface area contributed by atoms with E-state index in [2.05, 4.69) is 16.0 Å². The second-order valence-corrected chi connectivity index (χ2v) is 9.47. The molecule has 4 rings (SSSR count). The van der Waals surface area contributed by atoms with Gasteiger partial charge >= 0.3 is 0 Å². The SMILES string of the molecule is C[C@H](NC=O)C(=O)Nc1ccc(/C=C/c2ccc(NC(=O)[C@@H]3CCCN3C(=O)Cc3ccccc3)cc2)cc1. The van der Waals surface area contributed by atoms with Crippen LogP contribution in [-0.4, -0.2) is 47.7 Å². The Bertz CT molecular complexity index is 1320. The van der Waals surface area contributed by atoms with Gasteiger partial charge in [-0.05, 0) is 60.7 Å². The Hall–Kier alpha value is -4.72. The summed E-state index contributed by atoms with van der Waals surface area (Å²) in [6.07, 6.45) is 6.16. The molecule has 0 unspecified atom stereocenters. The first-order valence-electron chi connectivity index (χ1n) is 13.0. The topological polar surface area (TPSA) is 108 Å². The van der Waals surface area contributed by atoms with Gasteiger partial charge in [-0.1, -0.05) is 66.7 Å². The zero-order valence-corrected chi connectivity index (χ0v) is 21.8. The normalized spacial score (nSPS) is 15.5. The molecular formula is C31H32N4O4. The summed E-state index contributed by atoms with van der Waals surface area (Å²) in [5.41, 5.74) is 4.17. The summed E-state index contributed by atoms with van der Waals surface area (Å²) in [4.78, 5) is 50.0. The highest BCUT2D eigenvalue weighted by atomic mass is 16.2. The van der Waals surface area contributed by atoms with E-state index in [0.717, 1.165) is 23.1 Å². The molecule has 3 N–H and O–H groups in total. The van der Waals surface area contributed by atoms with Crippen LogP contribution in [0.5, 0.6) is 0 Å². The second-order valence-electron chi connectivity index (χ2n) is 9.47. The molecule has 0 radical (unpaired) electrons. The van der Waals surface area contributed by atoms with Gasteiger partial charge in [0, 0.05) is 17.9 Å². The van der Waals surface area contributed by atoms with Gasteiger partial charge in [0.1, 0.15) is 12.1 Å². The Balaban J connectivity index is 1.29. The summed E-state index contributed by atoms with van der Waals surface area (Å²) in [7, 11) is 0. The highest BCUT2D eigenvalue weighted by Gasteiger charge is 2.33. The Labute approximate surface area is 228 Å². The van der Waals surface area contributed by atoms with Crippen molar-refractivity contribution in [2.75, 3.05) is 17.2 Å². The molecule has 0 aromatic heterocycles. The molecule has 2 atom stereocenters. The van der Waals surface area contributed by atoms with Crippen molar-refractivity contribution < 1.29 is 19.2 Å². The molecule has 8 heteroatoms. The lowest BCUT2D eigenvalue weighted by molar-refractivity contribution is -0.136. The van der Waals surface area contributed by atoms with Gasteiger partial charge < -0.3 is 20.9 Å². The fraction of sp³-hybridized carbons (Fsp3) is 0.226. The molecule has 3 aromatic rings. The molecule has 3 aromatic carbocycles. The Kier molecular flexibility index (Phi) is 9.24. The average Bonchev–Trinajstić information content (AvgIpc) is 3.45. The standard InChI is InChI=1S/C31H32N4O4/c1-22(32-21-36)30(38)33-26-15-11-23(12-16-26)9-10-24-13-17-27(18-14-24)34-31(39)28-8-5-19-35(28)29(37)20-25-6-3-2-4-7-25/h2-4,6-7,9-18,21-22,28H,5,8,19-20H2,1H3,(H,32,36)(H,33,38)(H,34,39)/b10-9+/t22-,28-/m0/s1. The van der Waals surface area contributed by atoms with E-state index in [-0.39, 0.29) is 17.7 Å². The van der Waals surface area contributed by atoms with Crippen molar-refractivity contribution >= 4 is 47.7 Å². The summed E-state index contributed by atoms with van der Waals surface area (Å²) in [6, 6.07) is 23.4. The molecule has 200 valence electrons. The number of rotatable bonds is 10. The van der Waals surface area contributed by atoms with Crippen LogP contribution in [0.15, 0.2) is 78.9 Å². The molecule has 8 nitrogen and oxygen atoms in total. The molecule has 4 amide bonds. The predicted octanol–water partition coefficient (Wildman–Crippen LogP) is 4.10. The number of likely N-dealkylation sites (tertiary alicyclic amines) is 1. The maximum atomic E-state index is 13.0. The van der Waals surface area contributed by atoms with Crippen molar-refractivity contribution in [3.05, 3.63) is 95.6 Å². The van der Waals surface area contributed by atoms with Crippen LogP contribution in [0.2, 0.25) is 0 Å². The number of benzene rings is 3. The van der Waals surface area contributed by atoms with Gasteiger partial charge in [-0.3, -0.25) is 19.2 Å². The fourth-order valence-electron chi connectivity index (χ4n) is 4.41. The van der Waals surface area contributed by atoms with Gasteiger partial charge in [-0.15, -0.1) is 0 Å². The van der Waals surface area contributed by atoms with Crippen molar-refractivity contribution in [3.8, 4) is 0 Å². The van der Waals surface area contributed by atoms with Gasteiger partial charge in [0.2, 0.25) is 24.1 Å². The number of nitrogens with one attached hydrogen (secondary N) is 3. The van der Waals surface area contributed by atoms with Gasteiger partial charge in [-0.2, -0.15) is 0 Å². The number of amides is 4. The quantitative estimate of drug-likeness (QED) is 0.274. The van der Waals surface area contributed by atoms with E-state index in [1.807, 2.05) is 78.9 Å². The van der Waals surface area contributed by atoms with Crippen LogP contribution in [0.25, 0.3) is 12.2 Å². The molecule has 39 heavy (non-hydrogen) atoms. The highest BCUT2D eigenvalue weighted by molar-refractivity contribution is 5.98. The molecular weight excluding hydrogens is 492 g/mol. The van der Waals surface area contributed by atoms with Crippen molar-refractivity contribution in [3.63, 3.8) is 0 Å². The van der Waals surface area contributed by atoms with Crippen molar-refractivity contribution in [2.24, 2.45) is 0 Å². The Morgan fingerprint density at radius 1 is 0.872 bits per heavy atom. The van der Waals surface area contributed by atoms with E-state index < -0.39 is 12.1 Å². The predicted molar refractivity (Wildman–Crippen MR) is 153 cm³/mol. The van der Waals surface area contributed by atoms with Crippen LogP contribution in [0.1, 0.15) is 36.5 Å². The monoisotopic (exact) mass is 524 g/mol. The Morgan fingerprint density at radius 2 is 1.46 bits per heavy atom. The smallest absolute Gasteiger partial charge is 0.247 e. The van der Waals surface area contributed by atoms with E-state index in [0.29, 0.717) is 37.2 Å². The Morgan fingerprint density at radius 3 is 2.05 bits per heavy atom. The van der Waals surface area contributed by atoms with Crippen molar-refractivity contribution in [2.45, 2.75) is 38.3 Å². The summed E-state index contributed by atoms with van der Waals surface area (Å²) >= 11 is 0. The number of anilines is 2. The molecule has 0 bridgehead atoms. The van der Waals surface area contributed by atoms with Crippen LogP contribution in [0, 0.1) is 0 Å². The number of hydrogen-bond donors (Lipinski definition) is 3. The molecule has 0 spiro atoms. The summed E-state index contributed by atoms with van der Waals surface area (Å²) in [6.45, 7) is 2.20. The minimum atomic E-state index is -0.617. The molecule has 0 aliphatic carbocycles. The zero-order chi connectivity index (χ0) is 27.6. The van der Waals surface area contributed by atoms with Crippen LogP contribution in [0.3, 0.4) is 0 Å². The summed E-state index contributed by atoms with van der Waals surface area (Å²) in [5.74, 6) is -0.489. The third kappa shape index (κ3) is 7.64. The first-order chi connectivity index (χ1) is 18.9. The maximum absolute atomic E-state index is 13.0. The molecule has 1 aliphatic heterocycles. The van der Waals surface area contributed by atoms with Gasteiger partial charge in [0.05, 0.1) is 6.42 Å². The lowest BCUT2D eigenvalue weighted by Crippen LogP contribution is -2.43. The largest absolute Gasteiger partial charge is 0.347 e. The van der Waals surface area contributed by atoms with Crippen molar-refractivity contribution in [1.29, 1.82) is 0 Å². The fourth-order valence-corrected chi connectivity index (χ4v) is 4.41. The van der Waals surface area contributed by atoms with E-state index in [1.165, 1.54) is 0 Å². The average molecular weight is 525 g/mol. The summed E-state index contributed by atoms with van der Waals surface area (Å²) < 4.78 is 0. The van der Waals surface area contributed by atoms with Gasteiger partial charge in [0.25, 0.3) is 0 Å². The van der Waals surface area contributed by atoms with E-state index in [1.54, 1.807) is 24.0 Å². The minimum absolute atomic E-state index is 0.0285. The molecule has 1 fully saturated rings. The second kappa shape index (κ2) is 13.2. The van der Waals surface area contributed by atoms with Crippen LogP contribution >= 0.6 is 0 Å². The molecule has 1 heterocycles. The maximum Gasteiger partial charge on any atom is 0.247 e. The van der Waals surface area contributed by atoms with Crippen molar-refractivity contribution in [1.82, 2.24) is 10.2 Å². The molecule has 0 saturated carbocycles. The van der Waals surface area contributed by atoms with Gasteiger partial charge in [0.15, 0.2) is 0 Å². The first-order valence-corrected chi connectivity index (χ1v) is 13.0. The first kappa shape index (κ1) is 27.3. The lowest BCUT2D eigenvalue weighted by atomic mass is 10.1. The van der Waals surface area contributed by atoms with E-state index in [4.69, 9.17) is 0 Å². The van der Waals surface area contributed by atoms with Crippen LogP contribution in [0.4, 0.5) is 11.4 Å². The number of nitrogens with zero attached hydrogens (tertiary/aromatic N) is 1. The van der Waals surface area contributed by atoms with Crippen LogP contribution in [-0.2, 0) is 25.6 Å². The molecule has 1 saturated heterocycles. The summed E-state index contributed by atoms with van der Waals surface area (Å²) in [5, 5.41) is 8.12. The van der Waals surface area contributed by atoms with Crippen LogP contribution < -0.4 is 16.0 Å². The minimum Gasteiger partial charge on any atom is -0.347 e. The third-order valence-electron chi connectivity index (χ3n) is 6.61. The number of hydrogen-bond acceptors (Lipinski definition) is 4. The highest BCUT2D eigenvalue weighted by Crippen LogP contribution is 2.21. The van der Waals surface area contributed by atoms with E-state index in [9.17, 15) is 19.2 Å². The number of carbonyl (C=O) groups is 4. The van der Waals surface area contributed by atoms with Gasteiger partial charge in [-0.25, -0.2) is 0 Å².